The predicted molar refractivity (Wildman–Crippen MR) is 96.8 cm³/mol. The summed E-state index contributed by atoms with van der Waals surface area (Å²) in [7, 11) is 1.92. The van der Waals surface area contributed by atoms with Crippen molar-refractivity contribution >= 4 is 16.9 Å². The molecule has 0 bridgehead atoms. The van der Waals surface area contributed by atoms with E-state index in [9.17, 15) is 4.79 Å². The lowest BCUT2D eigenvalue weighted by Gasteiger charge is -2.20. The Morgan fingerprint density at radius 3 is 2.73 bits per heavy atom. The maximum absolute atomic E-state index is 12.8. The Morgan fingerprint density at radius 2 is 2.00 bits per heavy atom. The molecule has 1 N–H and O–H groups in total. The van der Waals surface area contributed by atoms with Crippen LogP contribution in [-0.4, -0.2) is 38.3 Å². The summed E-state index contributed by atoms with van der Waals surface area (Å²) in [5, 5.41) is 7.59. The molecule has 7 nitrogen and oxygen atoms in total. The van der Waals surface area contributed by atoms with Gasteiger partial charge in [-0.15, -0.1) is 0 Å². The number of nitrogens with zero attached hydrogens (tertiary/aromatic N) is 4. The number of ether oxygens (including phenoxy) is 1. The van der Waals surface area contributed by atoms with E-state index in [4.69, 9.17) is 4.74 Å². The van der Waals surface area contributed by atoms with Crippen LogP contribution in [0, 0.1) is 13.8 Å². The Labute approximate surface area is 151 Å². The lowest BCUT2D eigenvalue weighted by molar-refractivity contribution is 0.0817. The van der Waals surface area contributed by atoms with E-state index in [0.29, 0.717) is 17.7 Å². The fourth-order valence-corrected chi connectivity index (χ4v) is 3.58. The number of hydrogen-bond acceptors (Lipinski definition) is 5. The van der Waals surface area contributed by atoms with Crippen LogP contribution in [0.15, 0.2) is 30.6 Å². The lowest BCUT2D eigenvalue weighted by atomic mass is 10.00. The largest absolute Gasteiger partial charge is 0.371 e. The van der Waals surface area contributed by atoms with Crippen LogP contribution in [0.5, 0.6) is 0 Å². The summed E-state index contributed by atoms with van der Waals surface area (Å²) in [6.45, 7) is 4.62. The quantitative estimate of drug-likeness (QED) is 0.782. The molecule has 1 saturated heterocycles. The van der Waals surface area contributed by atoms with Crippen LogP contribution in [0.3, 0.4) is 0 Å². The van der Waals surface area contributed by atoms with Crippen molar-refractivity contribution < 1.29 is 9.53 Å². The first-order valence-electron chi connectivity index (χ1n) is 8.68. The van der Waals surface area contributed by atoms with Crippen LogP contribution in [0.2, 0.25) is 0 Å². The number of rotatable bonds is 3. The first kappa shape index (κ1) is 16.7. The minimum Gasteiger partial charge on any atom is -0.371 e. The van der Waals surface area contributed by atoms with Crippen molar-refractivity contribution in [3.05, 3.63) is 53.1 Å². The van der Waals surface area contributed by atoms with Crippen LogP contribution < -0.4 is 5.32 Å². The molecule has 0 saturated carbocycles. The highest BCUT2D eigenvalue weighted by Gasteiger charge is 2.34. The summed E-state index contributed by atoms with van der Waals surface area (Å²) >= 11 is 0. The first-order chi connectivity index (χ1) is 12.5. The summed E-state index contributed by atoms with van der Waals surface area (Å²) in [4.78, 5) is 21.3. The van der Waals surface area contributed by atoms with E-state index in [1.807, 2.05) is 31.6 Å². The summed E-state index contributed by atoms with van der Waals surface area (Å²) in [6, 6.07) is 5.28. The SMILES string of the molecule is Cc1nn(C)c(C)c1[C@H]1OCC[C@@H]1NC(=O)c1ccc2nccnc2c1. The van der Waals surface area contributed by atoms with Gasteiger partial charge in [-0.25, -0.2) is 0 Å². The molecular formula is C19H21N5O2. The van der Waals surface area contributed by atoms with Gasteiger partial charge < -0.3 is 10.1 Å². The second-order valence-corrected chi connectivity index (χ2v) is 6.63. The first-order valence-corrected chi connectivity index (χ1v) is 8.68. The summed E-state index contributed by atoms with van der Waals surface area (Å²) in [5.41, 5.74) is 5.13. The van der Waals surface area contributed by atoms with Gasteiger partial charge in [0.2, 0.25) is 0 Å². The van der Waals surface area contributed by atoms with Crippen LogP contribution in [0.1, 0.15) is 39.8 Å². The Hall–Kier alpha value is -2.80. The second kappa shape index (κ2) is 6.49. The highest BCUT2D eigenvalue weighted by atomic mass is 16.5. The van der Waals surface area contributed by atoms with Gasteiger partial charge in [-0.1, -0.05) is 0 Å². The number of aromatic nitrogens is 4. The maximum atomic E-state index is 12.8. The normalized spacial score (nSPS) is 19.8. The van der Waals surface area contributed by atoms with Gasteiger partial charge in [0.05, 0.1) is 22.8 Å². The highest BCUT2D eigenvalue weighted by Crippen LogP contribution is 2.33. The van der Waals surface area contributed by atoms with Crippen LogP contribution in [0.25, 0.3) is 11.0 Å². The van der Waals surface area contributed by atoms with E-state index in [0.717, 1.165) is 28.9 Å². The van der Waals surface area contributed by atoms with Gasteiger partial charge in [0.15, 0.2) is 0 Å². The minimum absolute atomic E-state index is 0.0818. The molecule has 134 valence electrons. The van der Waals surface area contributed by atoms with Crippen molar-refractivity contribution in [3.8, 4) is 0 Å². The van der Waals surface area contributed by atoms with E-state index >= 15 is 0 Å². The maximum Gasteiger partial charge on any atom is 0.251 e. The molecule has 3 aromatic rings. The molecule has 0 unspecified atom stereocenters. The van der Waals surface area contributed by atoms with Crippen LogP contribution in [-0.2, 0) is 11.8 Å². The van der Waals surface area contributed by atoms with E-state index in [2.05, 4.69) is 20.4 Å². The molecule has 0 aliphatic carbocycles. The van der Waals surface area contributed by atoms with Crippen LogP contribution in [0.4, 0.5) is 0 Å². The zero-order valence-electron chi connectivity index (χ0n) is 15.1. The van der Waals surface area contributed by atoms with Crippen molar-refractivity contribution in [2.45, 2.75) is 32.4 Å². The molecule has 2 atom stereocenters. The van der Waals surface area contributed by atoms with Gasteiger partial charge in [-0.05, 0) is 38.5 Å². The third kappa shape index (κ3) is 2.84. The van der Waals surface area contributed by atoms with Gasteiger partial charge in [0, 0.05) is 42.9 Å². The van der Waals surface area contributed by atoms with Crippen molar-refractivity contribution in [1.29, 1.82) is 0 Å². The third-order valence-electron chi connectivity index (χ3n) is 4.99. The third-order valence-corrected chi connectivity index (χ3v) is 4.99. The topological polar surface area (TPSA) is 81.9 Å². The van der Waals surface area contributed by atoms with Crippen molar-refractivity contribution in [1.82, 2.24) is 25.1 Å². The molecule has 1 aliphatic rings. The minimum atomic E-state index is -0.173. The molecular weight excluding hydrogens is 330 g/mol. The van der Waals surface area contributed by atoms with Crippen molar-refractivity contribution in [2.24, 2.45) is 7.05 Å². The zero-order valence-corrected chi connectivity index (χ0v) is 15.1. The Bertz CT molecular complexity index is 981. The molecule has 0 spiro atoms. The lowest BCUT2D eigenvalue weighted by Crippen LogP contribution is -2.37. The van der Waals surface area contributed by atoms with Crippen molar-refractivity contribution in [3.63, 3.8) is 0 Å². The molecule has 1 aliphatic heterocycles. The molecule has 0 radical (unpaired) electrons. The molecule has 7 heteroatoms. The van der Waals surface area contributed by atoms with Gasteiger partial charge in [-0.2, -0.15) is 5.10 Å². The fraction of sp³-hybridized carbons (Fsp3) is 0.368. The molecule has 1 aromatic carbocycles. The Kier molecular flexibility index (Phi) is 4.16. The summed E-state index contributed by atoms with van der Waals surface area (Å²) < 4.78 is 7.80. The monoisotopic (exact) mass is 351 g/mol. The number of fused-ring (bicyclic) bond motifs is 1. The van der Waals surface area contributed by atoms with E-state index in [1.165, 1.54) is 0 Å². The van der Waals surface area contributed by atoms with Gasteiger partial charge in [0.25, 0.3) is 5.91 Å². The number of hydrogen-bond donors (Lipinski definition) is 1. The summed E-state index contributed by atoms with van der Waals surface area (Å²) in [5.74, 6) is -0.128. The van der Waals surface area contributed by atoms with E-state index in [1.54, 1.807) is 24.5 Å². The number of amides is 1. The predicted octanol–water partition coefficient (Wildman–Crippen LogP) is 2.24. The molecule has 2 aromatic heterocycles. The number of aryl methyl sites for hydroxylation is 2. The molecule has 26 heavy (non-hydrogen) atoms. The molecule has 3 heterocycles. The average molecular weight is 351 g/mol. The molecule has 1 fully saturated rings. The number of benzene rings is 1. The van der Waals surface area contributed by atoms with Gasteiger partial charge in [-0.3, -0.25) is 19.4 Å². The molecule has 1 amide bonds. The number of nitrogens with one attached hydrogen (secondary N) is 1. The summed E-state index contributed by atoms with van der Waals surface area (Å²) in [6.07, 6.45) is 3.87. The fourth-order valence-electron chi connectivity index (χ4n) is 3.58. The Morgan fingerprint density at radius 1 is 1.23 bits per heavy atom. The van der Waals surface area contributed by atoms with Crippen LogP contribution >= 0.6 is 0 Å². The number of carbonyl (C=O) groups is 1. The van der Waals surface area contributed by atoms with Crippen molar-refractivity contribution in [2.75, 3.05) is 6.61 Å². The average Bonchev–Trinajstić information content (AvgIpc) is 3.18. The number of carbonyl (C=O) groups excluding carboxylic acids is 1. The molecule has 4 rings (SSSR count). The van der Waals surface area contributed by atoms with Gasteiger partial charge in [0.1, 0.15) is 6.10 Å². The van der Waals surface area contributed by atoms with E-state index < -0.39 is 0 Å². The highest BCUT2D eigenvalue weighted by molar-refractivity contribution is 5.97. The second-order valence-electron chi connectivity index (χ2n) is 6.63. The standard InChI is InChI=1S/C19H21N5O2/c1-11-17(12(2)24(3)23-11)18-15(6-9-26-18)22-19(25)13-4-5-14-16(10-13)21-8-7-20-14/h4-5,7-8,10,15,18H,6,9H2,1-3H3,(H,22,25)/t15-,18-/m0/s1. The van der Waals surface area contributed by atoms with E-state index in [-0.39, 0.29) is 18.1 Å². The Balaban J connectivity index is 1.57. The zero-order chi connectivity index (χ0) is 18.3. The smallest absolute Gasteiger partial charge is 0.251 e. The van der Waals surface area contributed by atoms with Gasteiger partial charge >= 0.3 is 0 Å².